The third-order valence-electron chi connectivity index (χ3n) is 4.21. The lowest BCUT2D eigenvalue weighted by molar-refractivity contribution is -0.139. The zero-order valence-corrected chi connectivity index (χ0v) is 18.4. The van der Waals surface area contributed by atoms with Crippen molar-refractivity contribution in [3.8, 4) is 5.75 Å². The highest BCUT2D eigenvalue weighted by Gasteiger charge is 2.07. The number of hydrogen-bond donors (Lipinski definition) is 1. The van der Waals surface area contributed by atoms with Crippen molar-refractivity contribution in [2.45, 2.75) is 11.8 Å². The Labute approximate surface area is 183 Å². The van der Waals surface area contributed by atoms with Crippen molar-refractivity contribution < 1.29 is 14.6 Å². The maximum Gasteiger partial charge on any atom is 0.341 e. The summed E-state index contributed by atoms with van der Waals surface area (Å²) >= 11 is 5.26. The van der Waals surface area contributed by atoms with E-state index < -0.39 is 5.97 Å². The van der Waals surface area contributed by atoms with E-state index in [0.717, 1.165) is 15.1 Å². The quantitative estimate of drug-likeness (QED) is 0.386. The Morgan fingerprint density at radius 2 is 1.79 bits per heavy atom. The van der Waals surface area contributed by atoms with Gasteiger partial charge in [-0.25, -0.2) is 4.79 Å². The second kappa shape index (κ2) is 10.3. The highest BCUT2D eigenvalue weighted by atomic mass is 79.9. The Morgan fingerprint density at radius 1 is 1.03 bits per heavy atom. The van der Waals surface area contributed by atoms with Gasteiger partial charge in [-0.3, -0.25) is 0 Å². The van der Waals surface area contributed by atoms with E-state index in [9.17, 15) is 4.79 Å². The maximum absolute atomic E-state index is 10.6. The second-order valence-corrected chi connectivity index (χ2v) is 8.36. The summed E-state index contributed by atoms with van der Waals surface area (Å²) in [6, 6.07) is 24.4. The molecule has 3 nitrogen and oxygen atoms in total. The smallest absolute Gasteiger partial charge is 0.341 e. The number of aliphatic carboxylic acids is 1. The molecule has 3 aromatic carbocycles. The minimum Gasteiger partial charge on any atom is -0.482 e. The van der Waals surface area contributed by atoms with E-state index in [0.29, 0.717) is 5.75 Å². The van der Waals surface area contributed by atoms with Gasteiger partial charge in [-0.15, -0.1) is 11.8 Å². The summed E-state index contributed by atoms with van der Waals surface area (Å²) in [5.41, 5.74) is 4.83. The van der Waals surface area contributed by atoms with Gasteiger partial charge in [-0.1, -0.05) is 66.2 Å². The topological polar surface area (TPSA) is 46.5 Å². The van der Waals surface area contributed by atoms with Gasteiger partial charge in [0.1, 0.15) is 5.75 Å². The van der Waals surface area contributed by atoms with Crippen LogP contribution in [-0.4, -0.2) is 23.4 Å². The first-order valence-corrected chi connectivity index (χ1v) is 10.9. The number of carboxylic acid groups (broad SMARTS) is 1. The fourth-order valence-electron chi connectivity index (χ4n) is 2.88. The summed E-state index contributed by atoms with van der Waals surface area (Å²) in [5.74, 6) is 0.338. The molecule has 0 atom stereocenters. The Hall–Kier alpha value is -2.50. The highest BCUT2D eigenvalue weighted by Crippen LogP contribution is 2.32. The molecule has 0 bridgehead atoms. The average Bonchev–Trinajstić information content (AvgIpc) is 2.71. The first kappa shape index (κ1) is 21.2. The molecule has 0 radical (unpaired) electrons. The van der Waals surface area contributed by atoms with Gasteiger partial charge >= 0.3 is 5.97 Å². The molecule has 0 saturated heterocycles. The van der Waals surface area contributed by atoms with Gasteiger partial charge < -0.3 is 9.84 Å². The summed E-state index contributed by atoms with van der Waals surface area (Å²) < 4.78 is 6.11. The number of thioether (sulfide) groups is 1. The van der Waals surface area contributed by atoms with E-state index >= 15 is 0 Å². The van der Waals surface area contributed by atoms with Crippen molar-refractivity contribution in [1.82, 2.24) is 0 Å². The standard InChI is InChI=1S/C24H21BrO3S/c1-17-6-5-9-19(14-17)21(18-7-3-2-4-8-18)12-13-29-23-11-10-20(15-22(23)25)28-16-24(26)27/h2-12,14-15H,13,16H2,1H3,(H,26,27)/b21-12-. The lowest BCUT2D eigenvalue weighted by atomic mass is 9.97. The third kappa shape index (κ3) is 6.24. The first-order chi connectivity index (χ1) is 14.0. The molecule has 148 valence electrons. The van der Waals surface area contributed by atoms with Crippen molar-refractivity contribution in [2.24, 2.45) is 0 Å². The van der Waals surface area contributed by atoms with E-state index in [2.05, 4.69) is 77.5 Å². The number of benzene rings is 3. The number of carbonyl (C=O) groups is 1. The average molecular weight is 469 g/mol. The van der Waals surface area contributed by atoms with Gasteiger partial charge in [-0.2, -0.15) is 0 Å². The van der Waals surface area contributed by atoms with Gasteiger partial charge in [0.25, 0.3) is 0 Å². The second-order valence-electron chi connectivity index (χ2n) is 6.44. The molecule has 0 heterocycles. The van der Waals surface area contributed by atoms with E-state index in [1.54, 1.807) is 23.9 Å². The van der Waals surface area contributed by atoms with Crippen LogP contribution in [-0.2, 0) is 4.79 Å². The Kier molecular flexibility index (Phi) is 7.55. The van der Waals surface area contributed by atoms with E-state index in [1.807, 2.05) is 12.1 Å². The Balaban J connectivity index is 1.77. The fourth-order valence-corrected chi connectivity index (χ4v) is 4.37. The van der Waals surface area contributed by atoms with Crippen LogP contribution in [0, 0.1) is 6.92 Å². The predicted molar refractivity (Wildman–Crippen MR) is 123 cm³/mol. The largest absolute Gasteiger partial charge is 0.482 e. The predicted octanol–water partition coefficient (Wildman–Crippen LogP) is 6.44. The minimum absolute atomic E-state index is 0.349. The molecule has 0 unspecified atom stereocenters. The monoisotopic (exact) mass is 468 g/mol. The normalized spacial score (nSPS) is 11.3. The molecule has 29 heavy (non-hydrogen) atoms. The van der Waals surface area contributed by atoms with Crippen LogP contribution in [0.5, 0.6) is 5.75 Å². The fraction of sp³-hybridized carbons (Fsp3) is 0.125. The lowest BCUT2D eigenvalue weighted by Gasteiger charge is -2.11. The zero-order valence-electron chi connectivity index (χ0n) is 16.0. The molecule has 3 aromatic rings. The molecule has 0 fully saturated rings. The van der Waals surface area contributed by atoms with Gasteiger partial charge in [0.2, 0.25) is 0 Å². The van der Waals surface area contributed by atoms with Gasteiger partial charge in [0, 0.05) is 15.1 Å². The Bertz CT molecular complexity index is 1020. The summed E-state index contributed by atoms with van der Waals surface area (Å²) in [6.07, 6.45) is 2.25. The van der Waals surface area contributed by atoms with Crippen molar-refractivity contribution in [3.63, 3.8) is 0 Å². The van der Waals surface area contributed by atoms with Crippen LogP contribution in [0.3, 0.4) is 0 Å². The summed E-state index contributed by atoms with van der Waals surface area (Å²) in [4.78, 5) is 11.7. The molecule has 0 amide bonds. The molecule has 0 spiro atoms. The molecular formula is C24H21BrO3S. The number of carboxylic acids is 1. The molecule has 0 aliphatic heterocycles. The molecule has 0 aliphatic carbocycles. The van der Waals surface area contributed by atoms with Crippen LogP contribution in [0.1, 0.15) is 16.7 Å². The van der Waals surface area contributed by atoms with Crippen molar-refractivity contribution in [2.75, 3.05) is 12.4 Å². The van der Waals surface area contributed by atoms with Crippen LogP contribution in [0.4, 0.5) is 0 Å². The van der Waals surface area contributed by atoms with Crippen molar-refractivity contribution in [3.05, 3.63) is 100 Å². The molecule has 0 saturated carbocycles. The molecule has 1 N–H and O–H groups in total. The van der Waals surface area contributed by atoms with Crippen LogP contribution in [0.2, 0.25) is 0 Å². The summed E-state index contributed by atoms with van der Waals surface area (Å²) in [6.45, 7) is 1.75. The van der Waals surface area contributed by atoms with Gasteiger partial charge in [0.15, 0.2) is 6.61 Å². The van der Waals surface area contributed by atoms with Gasteiger partial charge in [-0.05, 0) is 57.8 Å². The van der Waals surface area contributed by atoms with E-state index in [1.165, 1.54) is 22.3 Å². The number of aryl methyl sites for hydroxylation is 1. The lowest BCUT2D eigenvalue weighted by Crippen LogP contribution is -2.09. The summed E-state index contributed by atoms with van der Waals surface area (Å²) in [5, 5.41) is 8.72. The number of ether oxygens (including phenoxy) is 1. The summed E-state index contributed by atoms with van der Waals surface area (Å²) in [7, 11) is 0. The SMILES string of the molecule is Cc1cccc(/C(=C\CSc2ccc(OCC(=O)O)cc2Br)c2ccccc2)c1. The number of rotatable bonds is 8. The van der Waals surface area contributed by atoms with E-state index in [4.69, 9.17) is 9.84 Å². The Morgan fingerprint density at radius 3 is 2.48 bits per heavy atom. The van der Waals surface area contributed by atoms with Crippen LogP contribution >= 0.6 is 27.7 Å². The van der Waals surface area contributed by atoms with Crippen molar-refractivity contribution >= 4 is 39.2 Å². The van der Waals surface area contributed by atoms with Crippen LogP contribution in [0.15, 0.2) is 88.2 Å². The number of halogens is 1. The highest BCUT2D eigenvalue weighted by molar-refractivity contribution is 9.10. The molecule has 0 aliphatic rings. The zero-order chi connectivity index (χ0) is 20.6. The molecule has 3 rings (SSSR count). The van der Waals surface area contributed by atoms with Crippen LogP contribution < -0.4 is 4.74 Å². The van der Waals surface area contributed by atoms with Crippen LogP contribution in [0.25, 0.3) is 5.57 Å². The van der Waals surface area contributed by atoms with E-state index in [-0.39, 0.29) is 6.61 Å². The molecular weight excluding hydrogens is 448 g/mol. The minimum atomic E-state index is -0.991. The molecule has 5 heteroatoms. The van der Waals surface area contributed by atoms with Gasteiger partial charge in [0.05, 0.1) is 0 Å². The third-order valence-corrected chi connectivity index (χ3v) is 6.12. The first-order valence-electron chi connectivity index (χ1n) is 9.12. The number of hydrogen-bond acceptors (Lipinski definition) is 3. The molecule has 0 aromatic heterocycles. The van der Waals surface area contributed by atoms with Crippen molar-refractivity contribution in [1.29, 1.82) is 0 Å². The maximum atomic E-state index is 10.6.